The minimum absolute atomic E-state index is 0.0140. The van der Waals surface area contributed by atoms with Gasteiger partial charge in [0.05, 0.1) is 6.61 Å². The van der Waals surface area contributed by atoms with Gasteiger partial charge in [0.15, 0.2) is 0 Å². The summed E-state index contributed by atoms with van der Waals surface area (Å²) in [5, 5.41) is 0. The summed E-state index contributed by atoms with van der Waals surface area (Å²) in [6.07, 6.45) is 2.18. The second-order valence-electron chi connectivity index (χ2n) is 8.60. The third-order valence-corrected chi connectivity index (χ3v) is 2.91. The molecule has 0 aromatic heterocycles. The smallest absolute Gasteiger partial charge is 0.333 e. The first kappa shape index (κ1) is 18.2. The van der Waals surface area contributed by atoms with Gasteiger partial charge < -0.3 is 4.74 Å². The lowest BCUT2D eigenvalue weighted by atomic mass is 9.68. The van der Waals surface area contributed by atoms with Gasteiger partial charge in [-0.1, -0.05) is 55.0 Å². The van der Waals surface area contributed by atoms with Crippen LogP contribution in [-0.4, -0.2) is 12.6 Å². The summed E-state index contributed by atoms with van der Waals surface area (Å²) in [6.45, 7) is 21.4. The van der Waals surface area contributed by atoms with Gasteiger partial charge in [-0.3, -0.25) is 0 Å². The molecule has 0 radical (unpaired) electrons. The van der Waals surface area contributed by atoms with E-state index in [2.05, 4.69) is 55.0 Å². The highest BCUT2D eigenvalue weighted by molar-refractivity contribution is 5.86. The summed E-state index contributed by atoms with van der Waals surface area (Å²) < 4.78 is 5.31. The van der Waals surface area contributed by atoms with Crippen LogP contribution in [0.4, 0.5) is 0 Å². The van der Waals surface area contributed by atoms with Crippen LogP contribution in [0.1, 0.15) is 68.2 Å². The lowest BCUT2D eigenvalue weighted by Crippen LogP contribution is -2.31. The van der Waals surface area contributed by atoms with Gasteiger partial charge in [-0.05, 0) is 36.0 Å². The summed E-state index contributed by atoms with van der Waals surface area (Å²) in [4.78, 5) is 11.5. The zero-order valence-corrected chi connectivity index (χ0v) is 14.1. The molecule has 0 unspecified atom stereocenters. The number of hydrogen-bond donors (Lipinski definition) is 0. The zero-order chi connectivity index (χ0) is 15.5. The van der Waals surface area contributed by atoms with Crippen LogP contribution in [0.5, 0.6) is 0 Å². The molecule has 0 bridgehead atoms. The Morgan fingerprint density at radius 2 is 1.42 bits per heavy atom. The Hall–Kier alpha value is -0.790. The van der Waals surface area contributed by atoms with Crippen molar-refractivity contribution in [2.24, 2.45) is 16.2 Å². The van der Waals surface area contributed by atoms with E-state index in [1.807, 2.05) is 0 Å². The first-order valence-electron chi connectivity index (χ1n) is 7.07. The molecule has 0 atom stereocenters. The summed E-state index contributed by atoms with van der Waals surface area (Å²) in [5.41, 5.74) is 0.996. The van der Waals surface area contributed by atoms with Gasteiger partial charge in [0.25, 0.3) is 0 Å². The first-order valence-corrected chi connectivity index (χ1v) is 7.07. The van der Waals surface area contributed by atoms with E-state index in [0.29, 0.717) is 17.6 Å². The molecule has 0 amide bonds. The van der Waals surface area contributed by atoms with Crippen LogP contribution in [0.25, 0.3) is 0 Å². The van der Waals surface area contributed by atoms with Crippen LogP contribution < -0.4 is 0 Å². The van der Waals surface area contributed by atoms with E-state index in [0.717, 1.165) is 12.8 Å². The van der Waals surface area contributed by atoms with Crippen molar-refractivity contribution in [2.45, 2.75) is 68.2 Å². The predicted octanol–water partition coefficient (Wildman–Crippen LogP) is 4.98. The Labute approximate surface area is 119 Å². The number of hydrogen-bond acceptors (Lipinski definition) is 2. The second kappa shape index (κ2) is 6.11. The number of esters is 1. The van der Waals surface area contributed by atoms with Crippen molar-refractivity contribution < 1.29 is 9.53 Å². The van der Waals surface area contributed by atoms with E-state index in [9.17, 15) is 4.79 Å². The fourth-order valence-corrected chi connectivity index (χ4v) is 3.23. The van der Waals surface area contributed by atoms with Crippen LogP contribution in [-0.2, 0) is 9.53 Å². The highest BCUT2D eigenvalue weighted by atomic mass is 16.5. The third-order valence-electron chi connectivity index (χ3n) is 2.91. The van der Waals surface area contributed by atoms with Crippen LogP contribution >= 0.6 is 0 Å². The van der Waals surface area contributed by atoms with E-state index in [1.165, 1.54) is 0 Å². The molecule has 0 saturated heterocycles. The molecule has 112 valence electrons. The minimum Gasteiger partial charge on any atom is -0.462 e. The maximum Gasteiger partial charge on any atom is 0.333 e. The van der Waals surface area contributed by atoms with Crippen molar-refractivity contribution in [3.63, 3.8) is 0 Å². The SMILES string of the molecule is C=C(C)C(=O)OCC(C)(C)CC(C)(C)CC(C)(C)C. The molecule has 0 fully saturated rings. The minimum atomic E-state index is -0.290. The lowest BCUT2D eigenvalue weighted by Gasteiger charge is -2.38. The third kappa shape index (κ3) is 8.85. The summed E-state index contributed by atoms with van der Waals surface area (Å²) in [7, 11) is 0. The predicted molar refractivity (Wildman–Crippen MR) is 82.0 cm³/mol. The normalized spacial score (nSPS) is 13.3. The molecule has 0 aliphatic heterocycles. The van der Waals surface area contributed by atoms with Crippen molar-refractivity contribution in [3.05, 3.63) is 12.2 Å². The number of carbonyl (C=O) groups excluding carboxylic acids is 1. The van der Waals surface area contributed by atoms with E-state index in [1.54, 1.807) is 6.92 Å². The summed E-state index contributed by atoms with van der Waals surface area (Å²) >= 11 is 0. The topological polar surface area (TPSA) is 26.3 Å². The largest absolute Gasteiger partial charge is 0.462 e. The molecule has 0 aliphatic carbocycles. The lowest BCUT2D eigenvalue weighted by molar-refractivity contribution is -0.142. The molecule has 0 aliphatic rings. The molecule has 0 aromatic carbocycles. The Bertz CT molecular complexity index is 330. The van der Waals surface area contributed by atoms with Crippen LogP contribution in [0.3, 0.4) is 0 Å². The highest BCUT2D eigenvalue weighted by Crippen LogP contribution is 2.41. The van der Waals surface area contributed by atoms with Crippen molar-refractivity contribution in [3.8, 4) is 0 Å². The highest BCUT2D eigenvalue weighted by Gasteiger charge is 2.33. The quantitative estimate of drug-likeness (QED) is 0.501. The van der Waals surface area contributed by atoms with Gasteiger partial charge >= 0.3 is 5.97 Å². The van der Waals surface area contributed by atoms with Crippen molar-refractivity contribution in [2.75, 3.05) is 6.61 Å². The molecule has 0 spiro atoms. The molecular formula is C17H32O2. The van der Waals surface area contributed by atoms with Gasteiger partial charge in [0, 0.05) is 5.57 Å². The molecule has 0 rings (SSSR count). The first-order chi connectivity index (χ1) is 8.24. The summed E-state index contributed by atoms with van der Waals surface area (Å²) in [5.74, 6) is -0.290. The Balaban J connectivity index is 4.50. The van der Waals surface area contributed by atoms with Crippen LogP contribution in [0, 0.1) is 16.2 Å². The summed E-state index contributed by atoms with van der Waals surface area (Å²) in [6, 6.07) is 0. The number of rotatable bonds is 6. The van der Waals surface area contributed by atoms with Crippen molar-refractivity contribution in [1.82, 2.24) is 0 Å². The van der Waals surface area contributed by atoms with Crippen LogP contribution in [0.2, 0.25) is 0 Å². The van der Waals surface area contributed by atoms with Crippen molar-refractivity contribution in [1.29, 1.82) is 0 Å². The zero-order valence-electron chi connectivity index (χ0n) is 14.1. The number of carbonyl (C=O) groups is 1. The Morgan fingerprint density at radius 3 is 1.79 bits per heavy atom. The average molecular weight is 268 g/mol. The second-order valence-corrected chi connectivity index (χ2v) is 8.60. The van der Waals surface area contributed by atoms with E-state index >= 15 is 0 Å². The maximum absolute atomic E-state index is 11.5. The molecule has 0 saturated carbocycles. The van der Waals surface area contributed by atoms with E-state index in [-0.39, 0.29) is 16.8 Å². The standard InChI is InChI=1S/C17H32O2/c1-13(2)14(18)19-12-17(8,9)11-16(6,7)10-15(3,4)5/h1,10-12H2,2-9H3. The monoisotopic (exact) mass is 268 g/mol. The van der Waals surface area contributed by atoms with Crippen LogP contribution in [0.15, 0.2) is 12.2 Å². The van der Waals surface area contributed by atoms with E-state index in [4.69, 9.17) is 4.74 Å². The van der Waals surface area contributed by atoms with Gasteiger partial charge in [-0.25, -0.2) is 4.79 Å². The molecular weight excluding hydrogens is 236 g/mol. The molecule has 0 heterocycles. The van der Waals surface area contributed by atoms with Gasteiger partial charge in [0.2, 0.25) is 0 Å². The molecule has 0 aromatic rings. The Kier molecular flexibility index (Phi) is 5.85. The molecule has 0 N–H and O–H groups in total. The fraction of sp³-hybridized carbons (Fsp3) is 0.824. The maximum atomic E-state index is 11.5. The van der Waals surface area contributed by atoms with Gasteiger partial charge in [-0.15, -0.1) is 0 Å². The molecule has 2 heteroatoms. The number of ether oxygens (including phenoxy) is 1. The molecule has 19 heavy (non-hydrogen) atoms. The molecule has 2 nitrogen and oxygen atoms in total. The fourth-order valence-electron chi connectivity index (χ4n) is 3.23. The van der Waals surface area contributed by atoms with E-state index < -0.39 is 0 Å². The Morgan fingerprint density at radius 1 is 0.947 bits per heavy atom. The average Bonchev–Trinajstić information content (AvgIpc) is 2.07. The van der Waals surface area contributed by atoms with Crippen molar-refractivity contribution >= 4 is 5.97 Å². The van der Waals surface area contributed by atoms with Gasteiger partial charge in [-0.2, -0.15) is 0 Å². The van der Waals surface area contributed by atoms with Gasteiger partial charge in [0.1, 0.15) is 0 Å².